The summed E-state index contributed by atoms with van der Waals surface area (Å²) in [5.41, 5.74) is 1.87. The van der Waals surface area contributed by atoms with E-state index in [1.165, 1.54) is 0 Å². The molecule has 0 aliphatic carbocycles. The minimum Gasteiger partial charge on any atom is -0.497 e. The van der Waals surface area contributed by atoms with E-state index in [4.69, 9.17) is 4.74 Å². The van der Waals surface area contributed by atoms with Gasteiger partial charge in [-0.3, -0.25) is 0 Å². The van der Waals surface area contributed by atoms with Crippen molar-refractivity contribution in [1.29, 1.82) is 0 Å². The second-order valence-electron chi connectivity index (χ2n) is 4.93. The van der Waals surface area contributed by atoms with E-state index in [9.17, 15) is 8.42 Å². The highest BCUT2D eigenvalue weighted by atomic mass is 32.2. The molecule has 5 heteroatoms. The largest absolute Gasteiger partial charge is 0.497 e. The summed E-state index contributed by atoms with van der Waals surface area (Å²) in [7, 11) is -1.95. The number of benzene rings is 2. The van der Waals surface area contributed by atoms with Crippen LogP contribution in [0.25, 0.3) is 0 Å². The van der Waals surface area contributed by atoms with Crippen LogP contribution in [0.2, 0.25) is 0 Å². The molecule has 0 aliphatic heterocycles. The summed E-state index contributed by atoms with van der Waals surface area (Å²) in [6.07, 6.45) is 0. The highest BCUT2D eigenvalue weighted by Gasteiger charge is 2.18. The molecule has 1 atom stereocenters. The van der Waals surface area contributed by atoms with Crippen molar-refractivity contribution in [2.24, 2.45) is 0 Å². The Balaban J connectivity index is 2.21. The summed E-state index contributed by atoms with van der Waals surface area (Å²) in [5, 5.41) is 0. The summed E-state index contributed by atoms with van der Waals surface area (Å²) in [5.74, 6) is 0.703. The van der Waals surface area contributed by atoms with Crippen molar-refractivity contribution in [2.45, 2.75) is 24.8 Å². The quantitative estimate of drug-likeness (QED) is 0.923. The molecule has 0 aliphatic rings. The SMILES string of the molecule is COc1cccc(C(C)NS(=O)(=O)c2ccc(C)cc2)c1. The molecule has 2 aromatic rings. The van der Waals surface area contributed by atoms with Crippen LogP contribution < -0.4 is 9.46 Å². The number of aryl methyl sites for hydroxylation is 1. The van der Waals surface area contributed by atoms with E-state index in [0.29, 0.717) is 5.75 Å². The molecule has 1 unspecified atom stereocenters. The van der Waals surface area contributed by atoms with Gasteiger partial charge in [0.15, 0.2) is 0 Å². The molecule has 1 N–H and O–H groups in total. The average molecular weight is 305 g/mol. The molecule has 4 nitrogen and oxygen atoms in total. The summed E-state index contributed by atoms with van der Waals surface area (Å²) in [6.45, 7) is 3.73. The van der Waals surface area contributed by atoms with Crippen molar-refractivity contribution in [3.05, 3.63) is 59.7 Å². The Hall–Kier alpha value is -1.85. The molecule has 0 fully saturated rings. The molecule has 0 bridgehead atoms. The molecule has 0 radical (unpaired) electrons. The summed E-state index contributed by atoms with van der Waals surface area (Å²) >= 11 is 0. The number of hydrogen-bond donors (Lipinski definition) is 1. The minimum atomic E-state index is -3.53. The van der Waals surface area contributed by atoms with Gasteiger partial charge in [-0.1, -0.05) is 29.8 Å². The fraction of sp³-hybridized carbons (Fsp3) is 0.250. The summed E-state index contributed by atoms with van der Waals surface area (Å²) in [4.78, 5) is 0.267. The molecule has 0 aromatic heterocycles. The smallest absolute Gasteiger partial charge is 0.241 e. The molecular formula is C16H19NO3S. The number of methoxy groups -OCH3 is 1. The Labute approximate surface area is 125 Å². The molecule has 2 aromatic carbocycles. The van der Waals surface area contributed by atoms with Gasteiger partial charge in [0.2, 0.25) is 10.0 Å². The lowest BCUT2D eigenvalue weighted by molar-refractivity contribution is 0.413. The van der Waals surface area contributed by atoms with Gasteiger partial charge >= 0.3 is 0 Å². The van der Waals surface area contributed by atoms with E-state index in [-0.39, 0.29) is 10.9 Å². The molecule has 112 valence electrons. The minimum absolute atomic E-state index is 0.267. The van der Waals surface area contributed by atoms with Gasteiger partial charge in [0.25, 0.3) is 0 Å². The second kappa shape index (κ2) is 6.28. The predicted octanol–water partition coefficient (Wildman–Crippen LogP) is 3.04. The first-order valence-corrected chi connectivity index (χ1v) is 8.13. The lowest BCUT2D eigenvalue weighted by Gasteiger charge is -2.15. The third kappa shape index (κ3) is 3.83. The van der Waals surface area contributed by atoms with Crippen LogP contribution in [0.5, 0.6) is 5.75 Å². The van der Waals surface area contributed by atoms with Crippen LogP contribution in [0.4, 0.5) is 0 Å². The highest BCUT2D eigenvalue weighted by Crippen LogP contribution is 2.21. The molecular weight excluding hydrogens is 286 g/mol. The van der Waals surface area contributed by atoms with E-state index < -0.39 is 10.0 Å². The van der Waals surface area contributed by atoms with Gasteiger partial charge in [-0.25, -0.2) is 13.1 Å². The van der Waals surface area contributed by atoms with Crippen molar-refractivity contribution in [3.63, 3.8) is 0 Å². The molecule has 0 spiro atoms. The van der Waals surface area contributed by atoms with Crippen LogP contribution >= 0.6 is 0 Å². The Morgan fingerprint density at radius 3 is 2.38 bits per heavy atom. The van der Waals surface area contributed by atoms with Crippen molar-refractivity contribution in [2.75, 3.05) is 7.11 Å². The van der Waals surface area contributed by atoms with Gasteiger partial charge in [-0.05, 0) is 43.7 Å². The van der Waals surface area contributed by atoms with Crippen LogP contribution in [0, 0.1) is 6.92 Å². The maximum Gasteiger partial charge on any atom is 0.241 e. The molecule has 0 saturated carbocycles. The zero-order valence-corrected chi connectivity index (χ0v) is 13.1. The number of sulfonamides is 1. The van der Waals surface area contributed by atoms with Gasteiger partial charge in [-0.2, -0.15) is 0 Å². The van der Waals surface area contributed by atoms with E-state index in [1.807, 2.05) is 31.2 Å². The van der Waals surface area contributed by atoms with E-state index in [1.54, 1.807) is 38.3 Å². The number of nitrogens with one attached hydrogen (secondary N) is 1. The number of hydrogen-bond acceptors (Lipinski definition) is 3. The average Bonchev–Trinajstić information content (AvgIpc) is 2.47. The Morgan fingerprint density at radius 2 is 1.76 bits per heavy atom. The van der Waals surface area contributed by atoms with Crippen LogP contribution in [0.15, 0.2) is 53.4 Å². The number of rotatable bonds is 5. The van der Waals surface area contributed by atoms with Gasteiger partial charge in [-0.15, -0.1) is 0 Å². The molecule has 2 rings (SSSR count). The van der Waals surface area contributed by atoms with Crippen molar-refractivity contribution >= 4 is 10.0 Å². The van der Waals surface area contributed by atoms with E-state index in [0.717, 1.165) is 11.1 Å². The third-order valence-corrected chi connectivity index (χ3v) is 4.81. The third-order valence-electron chi connectivity index (χ3n) is 3.26. The Morgan fingerprint density at radius 1 is 1.10 bits per heavy atom. The lowest BCUT2D eigenvalue weighted by Crippen LogP contribution is -2.26. The molecule has 0 heterocycles. The van der Waals surface area contributed by atoms with Crippen molar-refractivity contribution in [1.82, 2.24) is 4.72 Å². The first kappa shape index (κ1) is 15.5. The molecule has 0 saturated heterocycles. The molecule has 21 heavy (non-hydrogen) atoms. The summed E-state index contributed by atoms with van der Waals surface area (Å²) in [6, 6.07) is 13.8. The first-order valence-electron chi connectivity index (χ1n) is 6.65. The Bertz CT molecular complexity index is 709. The Kier molecular flexibility index (Phi) is 4.65. The van der Waals surface area contributed by atoms with Crippen LogP contribution in [0.3, 0.4) is 0 Å². The van der Waals surface area contributed by atoms with Gasteiger partial charge in [0, 0.05) is 6.04 Å². The van der Waals surface area contributed by atoms with Crippen LogP contribution in [-0.2, 0) is 10.0 Å². The van der Waals surface area contributed by atoms with Gasteiger partial charge in [0.1, 0.15) is 5.75 Å². The lowest BCUT2D eigenvalue weighted by atomic mass is 10.1. The van der Waals surface area contributed by atoms with Crippen molar-refractivity contribution < 1.29 is 13.2 Å². The zero-order valence-electron chi connectivity index (χ0n) is 12.3. The number of ether oxygens (including phenoxy) is 1. The van der Waals surface area contributed by atoms with E-state index in [2.05, 4.69) is 4.72 Å². The fourth-order valence-corrected chi connectivity index (χ4v) is 3.23. The fourth-order valence-electron chi connectivity index (χ4n) is 2.00. The summed E-state index contributed by atoms with van der Waals surface area (Å²) < 4.78 is 32.5. The highest BCUT2D eigenvalue weighted by molar-refractivity contribution is 7.89. The first-order chi connectivity index (χ1) is 9.92. The predicted molar refractivity (Wildman–Crippen MR) is 82.9 cm³/mol. The van der Waals surface area contributed by atoms with Crippen LogP contribution in [0.1, 0.15) is 24.1 Å². The van der Waals surface area contributed by atoms with Gasteiger partial charge < -0.3 is 4.74 Å². The molecule has 0 amide bonds. The second-order valence-corrected chi connectivity index (χ2v) is 6.65. The zero-order chi connectivity index (χ0) is 15.5. The standard InChI is InChI=1S/C16H19NO3S/c1-12-7-9-16(10-8-12)21(18,19)17-13(2)14-5-4-6-15(11-14)20-3/h4-11,13,17H,1-3H3. The monoisotopic (exact) mass is 305 g/mol. The van der Waals surface area contributed by atoms with E-state index >= 15 is 0 Å². The topological polar surface area (TPSA) is 55.4 Å². The maximum atomic E-state index is 12.3. The van der Waals surface area contributed by atoms with Gasteiger partial charge in [0.05, 0.1) is 12.0 Å². The maximum absolute atomic E-state index is 12.3. The van der Waals surface area contributed by atoms with Crippen molar-refractivity contribution in [3.8, 4) is 5.75 Å². The van der Waals surface area contributed by atoms with Crippen LogP contribution in [-0.4, -0.2) is 15.5 Å². The normalized spacial score (nSPS) is 12.9.